The third-order valence-corrected chi connectivity index (χ3v) is 5.76. The number of aryl methyl sites for hydroxylation is 1. The van der Waals surface area contributed by atoms with Crippen LogP contribution < -0.4 is 33.9 Å². The van der Waals surface area contributed by atoms with Crippen LogP contribution in [0.1, 0.15) is 20.3 Å². The van der Waals surface area contributed by atoms with Crippen LogP contribution >= 0.6 is 0 Å². The van der Waals surface area contributed by atoms with Crippen LogP contribution in [0.5, 0.6) is 0 Å². The Labute approximate surface area is 192 Å². The lowest BCUT2D eigenvalue weighted by Gasteiger charge is -2.18. The van der Waals surface area contributed by atoms with Crippen LogP contribution in [-0.2, 0) is 7.05 Å². The Kier molecular flexibility index (Phi) is 7.13. The third kappa shape index (κ3) is 3.97. The minimum absolute atomic E-state index is 0. The lowest BCUT2D eigenvalue weighted by Crippen LogP contribution is -3.00. The summed E-state index contributed by atoms with van der Waals surface area (Å²) in [4.78, 5) is 5.60. The number of nitrogens with one attached hydrogen (secondary N) is 2. The van der Waals surface area contributed by atoms with Gasteiger partial charge in [0.25, 0.3) is 0 Å². The zero-order valence-electron chi connectivity index (χ0n) is 17.5. The van der Waals surface area contributed by atoms with E-state index in [4.69, 9.17) is 0 Å². The topological polar surface area (TPSA) is 34.9 Å². The van der Waals surface area contributed by atoms with Gasteiger partial charge in [-0.2, -0.15) is 4.57 Å². The maximum atomic E-state index is 14.5. The van der Waals surface area contributed by atoms with E-state index < -0.39 is 11.6 Å². The molecule has 0 aliphatic heterocycles. The lowest BCUT2D eigenvalue weighted by atomic mass is 10.1. The molecule has 0 saturated carbocycles. The Morgan fingerprint density at radius 1 is 1.03 bits per heavy atom. The smallest absolute Gasteiger partial charge is 0.241 e. The molecule has 4 nitrogen and oxygen atoms in total. The van der Waals surface area contributed by atoms with Crippen molar-refractivity contribution in [2.45, 2.75) is 20.3 Å². The molecule has 2 aromatic heterocycles. The van der Waals surface area contributed by atoms with Crippen LogP contribution in [0, 0.1) is 11.6 Å². The fourth-order valence-electron chi connectivity index (χ4n) is 4.21. The highest BCUT2D eigenvalue weighted by Gasteiger charge is 2.24. The summed E-state index contributed by atoms with van der Waals surface area (Å²) in [6, 6.07) is 10.4. The molecule has 2 heterocycles. The number of nitrogens with zero attached hydrogens (tertiary/aromatic N) is 2. The summed E-state index contributed by atoms with van der Waals surface area (Å²) in [7, 11) is 1.94. The number of hydrogen-bond donors (Lipinski definition) is 2. The van der Waals surface area contributed by atoms with E-state index in [1.54, 1.807) is 0 Å². The van der Waals surface area contributed by atoms with E-state index in [0.29, 0.717) is 10.9 Å². The molecule has 0 fully saturated rings. The van der Waals surface area contributed by atoms with Crippen molar-refractivity contribution >= 4 is 38.5 Å². The highest BCUT2D eigenvalue weighted by molar-refractivity contribution is 6.13. The predicted octanol–water partition coefficient (Wildman–Crippen LogP) is 1.72. The number of benzene rings is 2. The molecule has 4 rings (SSSR count). The van der Waals surface area contributed by atoms with Crippen molar-refractivity contribution in [1.82, 2.24) is 9.88 Å². The van der Waals surface area contributed by atoms with Crippen molar-refractivity contribution < 1.29 is 37.3 Å². The Bertz CT molecular complexity index is 1180. The number of anilines is 1. The van der Waals surface area contributed by atoms with Crippen molar-refractivity contribution in [3.8, 4) is 0 Å². The fraction of sp³-hybridized carbons (Fsp3) is 0.348. The van der Waals surface area contributed by atoms with E-state index in [1.165, 1.54) is 6.07 Å². The first-order valence-electron chi connectivity index (χ1n) is 10.2. The molecule has 0 saturated heterocycles. The average Bonchev–Trinajstić information content (AvgIpc) is 3.10. The summed E-state index contributed by atoms with van der Waals surface area (Å²) in [6.45, 7) is 8.24. The number of pyridine rings is 1. The Hall–Kier alpha value is -2.00. The quantitative estimate of drug-likeness (QED) is 0.220. The van der Waals surface area contributed by atoms with E-state index in [1.807, 2.05) is 29.8 Å². The third-order valence-electron chi connectivity index (χ3n) is 5.76. The zero-order valence-corrected chi connectivity index (χ0v) is 19.7. The highest BCUT2D eigenvalue weighted by atomic mass is 127. The molecule has 0 spiro atoms. The summed E-state index contributed by atoms with van der Waals surface area (Å²) in [5, 5.41) is 5.18. The maximum Gasteiger partial charge on any atom is 0.241 e. The molecule has 0 atom stereocenters. The van der Waals surface area contributed by atoms with Crippen LogP contribution in [0.3, 0.4) is 0 Å². The number of hydrogen-bond acceptors (Lipinski definition) is 2. The summed E-state index contributed by atoms with van der Waals surface area (Å²) in [6.07, 6.45) is 1.00. The maximum absolute atomic E-state index is 14.5. The standard InChI is InChI=1S/C23H26F2N4.HI/c1-4-29(5-2)12-8-11-26-21-16-9-6-7-10-19(16)28(3)23-17-13-15(24)14-18(25)20(17)27-22(21)23;/h6-7,9-10,13-14H,4-5,8,11-12H2,1-3H3,(H,26,27);1H. The molecule has 160 valence electrons. The van der Waals surface area contributed by atoms with Crippen molar-refractivity contribution in [3.63, 3.8) is 0 Å². The summed E-state index contributed by atoms with van der Waals surface area (Å²) in [5.41, 5.74) is 3.87. The van der Waals surface area contributed by atoms with Crippen molar-refractivity contribution in [1.29, 1.82) is 0 Å². The Balaban J connectivity index is 0.00000256. The number of H-pyrrole nitrogens is 1. The van der Waals surface area contributed by atoms with Crippen LogP contribution in [0.2, 0.25) is 0 Å². The molecule has 0 aliphatic carbocycles. The van der Waals surface area contributed by atoms with Gasteiger partial charge in [-0.3, -0.25) is 0 Å². The molecule has 4 aromatic rings. The first-order valence-corrected chi connectivity index (χ1v) is 10.2. The number of halogens is 3. The Morgan fingerprint density at radius 2 is 1.77 bits per heavy atom. The normalized spacial score (nSPS) is 11.5. The first-order chi connectivity index (χ1) is 14.0. The van der Waals surface area contributed by atoms with Crippen LogP contribution in [0.15, 0.2) is 36.4 Å². The van der Waals surface area contributed by atoms with Gasteiger partial charge in [0.15, 0.2) is 0 Å². The largest absolute Gasteiger partial charge is 1.00 e. The van der Waals surface area contributed by atoms with Gasteiger partial charge in [-0.25, -0.2) is 8.78 Å². The molecule has 7 heteroatoms. The van der Waals surface area contributed by atoms with Crippen LogP contribution in [-0.4, -0.2) is 36.1 Å². The molecule has 0 amide bonds. The second kappa shape index (κ2) is 9.43. The Morgan fingerprint density at radius 3 is 2.50 bits per heavy atom. The van der Waals surface area contributed by atoms with Gasteiger partial charge >= 0.3 is 0 Å². The molecule has 0 aliphatic rings. The van der Waals surface area contributed by atoms with Gasteiger partial charge in [0, 0.05) is 18.7 Å². The number of rotatable bonds is 7. The van der Waals surface area contributed by atoms with Crippen molar-refractivity contribution in [3.05, 3.63) is 48.0 Å². The van der Waals surface area contributed by atoms with Gasteiger partial charge in [0.05, 0.1) is 22.0 Å². The monoisotopic (exact) mass is 524 g/mol. The van der Waals surface area contributed by atoms with E-state index in [-0.39, 0.29) is 24.0 Å². The molecule has 0 radical (unpaired) electrons. The lowest BCUT2D eigenvalue weighted by molar-refractivity contribution is -0.616. The van der Waals surface area contributed by atoms with E-state index in [2.05, 4.69) is 35.1 Å². The summed E-state index contributed by atoms with van der Waals surface area (Å²) < 4.78 is 30.4. The minimum atomic E-state index is -0.576. The first kappa shape index (κ1) is 22.7. The predicted molar refractivity (Wildman–Crippen MR) is 115 cm³/mol. The van der Waals surface area contributed by atoms with Gasteiger partial charge in [0.2, 0.25) is 11.0 Å². The minimum Gasteiger partial charge on any atom is -1.00 e. The average molecular weight is 524 g/mol. The fourth-order valence-corrected chi connectivity index (χ4v) is 4.21. The SMILES string of the molecule is CCN(CC)CCCNc1c2ccccc2[n+](C)c2c1[nH]c1c(F)cc(F)cc12.[I-]. The zero-order chi connectivity index (χ0) is 20.5. The number of fused-ring (bicyclic) bond motifs is 4. The van der Waals surface area contributed by atoms with Gasteiger partial charge in [-0.1, -0.05) is 26.0 Å². The highest BCUT2D eigenvalue weighted by Crippen LogP contribution is 2.34. The second-order valence-corrected chi connectivity index (χ2v) is 7.42. The molecule has 0 bridgehead atoms. The van der Waals surface area contributed by atoms with Gasteiger partial charge in [-0.05, 0) is 38.2 Å². The van der Waals surface area contributed by atoms with E-state index >= 15 is 0 Å². The summed E-state index contributed by atoms with van der Waals surface area (Å²) >= 11 is 0. The molecular weight excluding hydrogens is 497 g/mol. The second-order valence-electron chi connectivity index (χ2n) is 7.42. The van der Waals surface area contributed by atoms with Crippen molar-refractivity contribution in [2.24, 2.45) is 7.05 Å². The van der Waals surface area contributed by atoms with Crippen LogP contribution in [0.4, 0.5) is 14.5 Å². The molecule has 0 unspecified atom stereocenters. The number of aromatic nitrogens is 2. The number of aromatic amines is 1. The van der Waals surface area contributed by atoms with Crippen LogP contribution in [0.25, 0.3) is 32.8 Å². The molecule has 30 heavy (non-hydrogen) atoms. The molecular formula is C23H27F2IN4. The number of para-hydroxylation sites is 1. The van der Waals surface area contributed by atoms with Gasteiger partial charge in [0.1, 0.15) is 24.2 Å². The summed E-state index contributed by atoms with van der Waals surface area (Å²) in [5.74, 6) is -1.15. The van der Waals surface area contributed by atoms with Gasteiger partial charge in [-0.15, -0.1) is 0 Å². The van der Waals surface area contributed by atoms with E-state index in [0.717, 1.165) is 66.3 Å². The molecule has 2 aromatic carbocycles. The van der Waals surface area contributed by atoms with E-state index in [9.17, 15) is 8.78 Å². The molecule has 2 N–H and O–H groups in total. The van der Waals surface area contributed by atoms with Gasteiger partial charge < -0.3 is 39.2 Å². The van der Waals surface area contributed by atoms with Crippen molar-refractivity contribution in [2.75, 3.05) is 31.5 Å².